The van der Waals surface area contributed by atoms with Gasteiger partial charge in [0.1, 0.15) is 5.69 Å². The van der Waals surface area contributed by atoms with E-state index in [1.807, 2.05) is 44.3 Å². The second-order valence-corrected chi connectivity index (χ2v) is 6.05. The highest BCUT2D eigenvalue weighted by atomic mass is 35.5. The quantitative estimate of drug-likeness (QED) is 0.884. The minimum atomic E-state index is -0.200. The Hall–Kier alpha value is -2.05. The predicted molar refractivity (Wildman–Crippen MR) is 97.2 cm³/mol. The second kappa shape index (κ2) is 7.68. The number of nitrogens with one attached hydrogen (secondary N) is 2. The molecule has 1 aliphatic heterocycles. The Balaban J connectivity index is 0.00000208. The van der Waals surface area contributed by atoms with Crippen molar-refractivity contribution in [3.8, 4) is 5.69 Å². The van der Waals surface area contributed by atoms with Gasteiger partial charge >= 0.3 is 0 Å². The lowest BCUT2D eigenvalue weighted by Gasteiger charge is -2.08. The van der Waals surface area contributed by atoms with E-state index in [2.05, 4.69) is 10.6 Å². The molecule has 1 saturated heterocycles. The van der Waals surface area contributed by atoms with Crippen LogP contribution < -0.4 is 16.2 Å². The first-order valence-electron chi connectivity index (χ1n) is 7.92. The molecular formula is C17H23ClN4O2. The molecule has 130 valence electrons. The highest BCUT2D eigenvalue weighted by Gasteiger charge is 2.21. The zero-order chi connectivity index (χ0) is 16.4. The standard InChI is InChI=1S/C17H22N4O2.ClH/c1-12-16(19-15(22)10-13-8-9-18-11-13)17(23)21(20(12)2)14-6-4-3-5-7-14;/h3-7,13,18H,8-11H2,1-2H3,(H,19,22);1H. The molecule has 0 radical (unpaired) electrons. The highest BCUT2D eigenvalue weighted by Crippen LogP contribution is 2.16. The molecule has 1 aromatic heterocycles. The lowest BCUT2D eigenvalue weighted by molar-refractivity contribution is -0.117. The van der Waals surface area contributed by atoms with Gasteiger partial charge in [-0.15, -0.1) is 12.4 Å². The third-order valence-corrected chi connectivity index (χ3v) is 4.46. The predicted octanol–water partition coefficient (Wildman–Crippen LogP) is 1.84. The van der Waals surface area contributed by atoms with Crippen LogP contribution in [0.2, 0.25) is 0 Å². The largest absolute Gasteiger partial charge is 0.320 e. The fourth-order valence-electron chi connectivity index (χ4n) is 3.05. The number of para-hydroxylation sites is 1. The van der Waals surface area contributed by atoms with E-state index in [0.29, 0.717) is 18.0 Å². The molecule has 1 fully saturated rings. The third kappa shape index (κ3) is 3.55. The first-order chi connectivity index (χ1) is 11.1. The zero-order valence-corrected chi connectivity index (χ0v) is 14.7. The highest BCUT2D eigenvalue weighted by molar-refractivity contribution is 5.91. The Labute approximate surface area is 147 Å². The Morgan fingerprint density at radius 2 is 2.04 bits per heavy atom. The number of hydrogen-bond donors (Lipinski definition) is 2. The number of hydrogen-bond acceptors (Lipinski definition) is 3. The number of rotatable bonds is 4. The molecule has 0 spiro atoms. The molecule has 3 rings (SSSR count). The van der Waals surface area contributed by atoms with Crippen molar-refractivity contribution in [3.05, 3.63) is 46.4 Å². The van der Waals surface area contributed by atoms with E-state index in [1.54, 1.807) is 9.36 Å². The van der Waals surface area contributed by atoms with Crippen molar-refractivity contribution < 1.29 is 4.79 Å². The van der Waals surface area contributed by atoms with Crippen LogP contribution in [0.1, 0.15) is 18.5 Å². The molecule has 0 saturated carbocycles. The molecule has 1 aliphatic rings. The van der Waals surface area contributed by atoms with Gasteiger partial charge in [-0.1, -0.05) is 18.2 Å². The SMILES string of the molecule is Cc1c(NC(=O)CC2CCNC2)c(=O)n(-c2ccccc2)n1C.Cl. The summed E-state index contributed by atoms with van der Waals surface area (Å²) in [6.07, 6.45) is 1.46. The minimum absolute atomic E-state index is 0. The summed E-state index contributed by atoms with van der Waals surface area (Å²) in [7, 11) is 1.82. The number of carbonyl (C=O) groups is 1. The molecule has 0 aliphatic carbocycles. The first-order valence-corrected chi connectivity index (χ1v) is 7.92. The van der Waals surface area contributed by atoms with Crippen molar-refractivity contribution in [3.63, 3.8) is 0 Å². The molecule has 24 heavy (non-hydrogen) atoms. The molecule has 7 heteroatoms. The van der Waals surface area contributed by atoms with Crippen molar-refractivity contribution in [2.75, 3.05) is 18.4 Å². The molecule has 2 aromatic rings. The maximum atomic E-state index is 12.7. The summed E-state index contributed by atoms with van der Waals surface area (Å²) >= 11 is 0. The normalized spacial score (nSPS) is 16.7. The van der Waals surface area contributed by atoms with E-state index in [-0.39, 0.29) is 23.9 Å². The number of halogens is 1. The van der Waals surface area contributed by atoms with Crippen LogP contribution in [0.25, 0.3) is 5.69 Å². The van der Waals surface area contributed by atoms with E-state index in [9.17, 15) is 9.59 Å². The molecule has 0 bridgehead atoms. The minimum Gasteiger partial charge on any atom is -0.320 e. The van der Waals surface area contributed by atoms with E-state index in [1.165, 1.54) is 0 Å². The molecule has 1 atom stereocenters. The summed E-state index contributed by atoms with van der Waals surface area (Å²) < 4.78 is 3.34. The molecule has 2 heterocycles. The van der Waals surface area contributed by atoms with Crippen molar-refractivity contribution in [2.24, 2.45) is 13.0 Å². The Morgan fingerprint density at radius 3 is 2.67 bits per heavy atom. The summed E-state index contributed by atoms with van der Waals surface area (Å²) in [5.41, 5.74) is 1.70. The van der Waals surface area contributed by atoms with Crippen molar-refractivity contribution in [1.29, 1.82) is 0 Å². The Bertz CT molecular complexity index is 761. The Kier molecular flexibility index (Phi) is 5.85. The van der Waals surface area contributed by atoms with Crippen LogP contribution in [-0.2, 0) is 11.8 Å². The van der Waals surface area contributed by atoms with E-state index < -0.39 is 0 Å². The topological polar surface area (TPSA) is 68.1 Å². The number of benzene rings is 1. The van der Waals surface area contributed by atoms with Gasteiger partial charge < -0.3 is 10.6 Å². The number of aromatic nitrogens is 2. The second-order valence-electron chi connectivity index (χ2n) is 6.05. The number of nitrogens with zero attached hydrogens (tertiary/aromatic N) is 2. The molecule has 2 N–H and O–H groups in total. The summed E-state index contributed by atoms with van der Waals surface area (Å²) in [5, 5.41) is 6.06. The van der Waals surface area contributed by atoms with Crippen LogP contribution in [0.4, 0.5) is 5.69 Å². The Morgan fingerprint density at radius 1 is 1.33 bits per heavy atom. The average molecular weight is 351 g/mol. The van der Waals surface area contributed by atoms with Gasteiger partial charge in [0.2, 0.25) is 5.91 Å². The zero-order valence-electron chi connectivity index (χ0n) is 13.9. The van der Waals surface area contributed by atoms with Crippen LogP contribution in [0.3, 0.4) is 0 Å². The van der Waals surface area contributed by atoms with Crippen LogP contribution >= 0.6 is 12.4 Å². The summed E-state index contributed by atoms with van der Waals surface area (Å²) in [5.74, 6) is 0.264. The monoisotopic (exact) mass is 350 g/mol. The molecule has 1 unspecified atom stereocenters. The smallest absolute Gasteiger partial charge is 0.295 e. The lowest BCUT2D eigenvalue weighted by Crippen LogP contribution is -2.24. The van der Waals surface area contributed by atoms with Gasteiger partial charge in [-0.05, 0) is 44.5 Å². The first kappa shape index (κ1) is 18.3. The maximum absolute atomic E-state index is 12.7. The van der Waals surface area contributed by atoms with E-state index >= 15 is 0 Å². The van der Waals surface area contributed by atoms with Gasteiger partial charge in [0.15, 0.2) is 0 Å². The molecule has 1 aromatic carbocycles. The number of amides is 1. The van der Waals surface area contributed by atoms with Gasteiger partial charge in [-0.3, -0.25) is 14.3 Å². The molecule has 1 amide bonds. The van der Waals surface area contributed by atoms with Crippen LogP contribution in [0.15, 0.2) is 35.1 Å². The maximum Gasteiger partial charge on any atom is 0.295 e. The van der Waals surface area contributed by atoms with Crippen molar-refractivity contribution in [2.45, 2.75) is 19.8 Å². The molecular weight excluding hydrogens is 328 g/mol. The van der Waals surface area contributed by atoms with E-state index in [0.717, 1.165) is 30.9 Å². The number of carbonyl (C=O) groups excluding carboxylic acids is 1. The fourth-order valence-corrected chi connectivity index (χ4v) is 3.05. The summed E-state index contributed by atoms with van der Waals surface area (Å²) in [6.45, 7) is 3.67. The van der Waals surface area contributed by atoms with Crippen molar-refractivity contribution in [1.82, 2.24) is 14.7 Å². The van der Waals surface area contributed by atoms with Gasteiger partial charge in [0, 0.05) is 13.5 Å². The van der Waals surface area contributed by atoms with Gasteiger partial charge in [-0.2, -0.15) is 0 Å². The lowest BCUT2D eigenvalue weighted by atomic mass is 10.0. The summed E-state index contributed by atoms with van der Waals surface area (Å²) in [6, 6.07) is 9.42. The van der Waals surface area contributed by atoms with Crippen LogP contribution in [0.5, 0.6) is 0 Å². The van der Waals surface area contributed by atoms with Gasteiger partial charge in [0.25, 0.3) is 5.56 Å². The van der Waals surface area contributed by atoms with E-state index in [4.69, 9.17) is 0 Å². The van der Waals surface area contributed by atoms with Gasteiger partial charge in [-0.25, -0.2) is 4.68 Å². The molecule has 6 nitrogen and oxygen atoms in total. The average Bonchev–Trinajstić information content (AvgIpc) is 3.12. The van der Waals surface area contributed by atoms with Gasteiger partial charge in [0.05, 0.1) is 11.4 Å². The van der Waals surface area contributed by atoms with Crippen LogP contribution in [-0.4, -0.2) is 28.4 Å². The number of anilines is 1. The third-order valence-electron chi connectivity index (χ3n) is 4.46. The van der Waals surface area contributed by atoms with Crippen molar-refractivity contribution >= 4 is 24.0 Å². The van der Waals surface area contributed by atoms with Crippen LogP contribution in [0, 0.1) is 12.8 Å². The summed E-state index contributed by atoms with van der Waals surface area (Å²) in [4.78, 5) is 24.9. The fraction of sp³-hybridized carbons (Fsp3) is 0.412.